The summed E-state index contributed by atoms with van der Waals surface area (Å²) in [6.07, 6.45) is 5.57. The van der Waals surface area contributed by atoms with Crippen LogP contribution in [0.15, 0.2) is 30.5 Å². The van der Waals surface area contributed by atoms with Gasteiger partial charge < -0.3 is 15.6 Å². The predicted molar refractivity (Wildman–Crippen MR) is 82.9 cm³/mol. The molecule has 4 heteroatoms. The smallest absolute Gasteiger partial charge is 0.0456 e. The van der Waals surface area contributed by atoms with Crippen molar-refractivity contribution in [1.29, 1.82) is 0 Å². The summed E-state index contributed by atoms with van der Waals surface area (Å²) >= 11 is 0. The van der Waals surface area contributed by atoms with E-state index in [9.17, 15) is 0 Å². The summed E-state index contributed by atoms with van der Waals surface area (Å²) in [4.78, 5) is 5.88. The summed E-state index contributed by atoms with van der Waals surface area (Å²) in [5.41, 5.74) is 8.61. The maximum atomic E-state index is 5.93. The summed E-state index contributed by atoms with van der Waals surface area (Å²) in [5, 5.41) is 1.37. The number of para-hydroxylation sites is 1. The molecule has 2 heterocycles. The number of nitrogens with one attached hydrogen (secondary N) is 1. The lowest BCUT2D eigenvalue weighted by Gasteiger charge is -2.29. The van der Waals surface area contributed by atoms with Gasteiger partial charge in [0.15, 0.2) is 0 Å². The molecule has 0 radical (unpaired) electrons. The molecule has 0 saturated carbocycles. The number of rotatable bonds is 3. The van der Waals surface area contributed by atoms with E-state index in [1.54, 1.807) is 0 Å². The molecular weight excluding hydrogens is 258 g/mol. The minimum Gasteiger partial charge on any atom is -0.361 e. The Morgan fingerprint density at radius 1 is 1.21 bits per heavy atom. The Morgan fingerprint density at radius 3 is 2.74 bits per heavy atom. The minimum atomic E-state index is 0. The second-order valence-corrected chi connectivity index (χ2v) is 5.29. The molecule has 1 aliphatic rings. The molecule has 0 bridgehead atoms. The molecule has 1 aliphatic heterocycles. The second-order valence-electron chi connectivity index (χ2n) is 5.29. The number of fused-ring (bicyclic) bond motifs is 1. The van der Waals surface area contributed by atoms with Crippen LogP contribution >= 0.6 is 12.4 Å². The Labute approximate surface area is 120 Å². The van der Waals surface area contributed by atoms with Crippen molar-refractivity contribution in [3.8, 4) is 0 Å². The molecule has 0 amide bonds. The lowest BCUT2D eigenvalue weighted by Crippen LogP contribution is -2.40. The van der Waals surface area contributed by atoms with Gasteiger partial charge >= 0.3 is 0 Å². The van der Waals surface area contributed by atoms with Crippen molar-refractivity contribution in [2.45, 2.75) is 25.3 Å². The Morgan fingerprint density at radius 2 is 1.95 bits per heavy atom. The standard InChI is InChI=1S/C15H21N3.ClH/c16-13-6-9-18(10-7-13)8-5-12-11-17-15-4-2-1-3-14(12)15;/h1-4,11,13,17H,5-10,16H2;1H. The lowest BCUT2D eigenvalue weighted by atomic mass is 10.0. The van der Waals surface area contributed by atoms with E-state index in [1.165, 1.54) is 16.5 Å². The second kappa shape index (κ2) is 6.42. The van der Waals surface area contributed by atoms with Gasteiger partial charge in [-0.05, 0) is 44.0 Å². The molecule has 1 saturated heterocycles. The molecule has 1 fully saturated rings. The number of aromatic amines is 1. The average Bonchev–Trinajstić information content (AvgIpc) is 2.82. The first-order valence-electron chi connectivity index (χ1n) is 6.86. The van der Waals surface area contributed by atoms with Gasteiger partial charge in [0.05, 0.1) is 0 Å². The van der Waals surface area contributed by atoms with Gasteiger partial charge in [0.25, 0.3) is 0 Å². The highest BCUT2D eigenvalue weighted by molar-refractivity contribution is 5.85. The number of likely N-dealkylation sites (tertiary alicyclic amines) is 1. The molecule has 0 unspecified atom stereocenters. The van der Waals surface area contributed by atoms with Gasteiger partial charge in [0.1, 0.15) is 0 Å². The van der Waals surface area contributed by atoms with Crippen LogP contribution in [0.1, 0.15) is 18.4 Å². The minimum absolute atomic E-state index is 0. The average molecular weight is 280 g/mol. The van der Waals surface area contributed by atoms with E-state index in [2.05, 4.69) is 40.3 Å². The predicted octanol–water partition coefficient (Wildman–Crippen LogP) is 2.56. The highest BCUT2D eigenvalue weighted by Crippen LogP contribution is 2.19. The molecule has 104 valence electrons. The van der Waals surface area contributed by atoms with Crippen LogP contribution in [0.25, 0.3) is 10.9 Å². The third-order valence-corrected chi connectivity index (χ3v) is 4.00. The zero-order valence-electron chi connectivity index (χ0n) is 11.1. The normalized spacial score (nSPS) is 17.5. The molecule has 1 aromatic heterocycles. The van der Waals surface area contributed by atoms with Crippen molar-refractivity contribution in [3.63, 3.8) is 0 Å². The maximum absolute atomic E-state index is 5.93. The highest BCUT2D eigenvalue weighted by atomic mass is 35.5. The number of halogens is 1. The first-order valence-corrected chi connectivity index (χ1v) is 6.86. The molecule has 3 rings (SSSR count). The summed E-state index contributed by atoms with van der Waals surface area (Å²) in [6.45, 7) is 3.46. The molecule has 19 heavy (non-hydrogen) atoms. The van der Waals surface area contributed by atoms with E-state index < -0.39 is 0 Å². The number of piperidine rings is 1. The molecule has 2 aromatic rings. The largest absolute Gasteiger partial charge is 0.361 e. The molecular formula is C15H22ClN3. The third kappa shape index (κ3) is 3.30. The summed E-state index contributed by atoms with van der Waals surface area (Å²) in [5.74, 6) is 0. The molecule has 0 spiro atoms. The Kier molecular flexibility index (Phi) is 4.86. The topological polar surface area (TPSA) is 45.0 Å². The van der Waals surface area contributed by atoms with Crippen molar-refractivity contribution in [2.75, 3.05) is 19.6 Å². The van der Waals surface area contributed by atoms with Gasteiger partial charge in [-0.3, -0.25) is 0 Å². The first kappa shape index (κ1) is 14.4. The van der Waals surface area contributed by atoms with E-state index in [4.69, 9.17) is 5.73 Å². The fourth-order valence-electron chi connectivity index (χ4n) is 2.79. The number of aromatic nitrogens is 1. The van der Waals surface area contributed by atoms with Gasteiger partial charge in [0.2, 0.25) is 0 Å². The highest BCUT2D eigenvalue weighted by Gasteiger charge is 2.15. The fourth-order valence-corrected chi connectivity index (χ4v) is 2.79. The summed E-state index contributed by atoms with van der Waals surface area (Å²) in [6, 6.07) is 8.95. The third-order valence-electron chi connectivity index (χ3n) is 4.00. The van der Waals surface area contributed by atoms with Crippen molar-refractivity contribution in [3.05, 3.63) is 36.0 Å². The number of benzene rings is 1. The van der Waals surface area contributed by atoms with E-state index in [0.29, 0.717) is 6.04 Å². The van der Waals surface area contributed by atoms with Crippen LogP contribution in [0, 0.1) is 0 Å². The van der Waals surface area contributed by atoms with Crippen LogP contribution in [-0.2, 0) is 6.42 Å². The van der Waals surface area contributed by atoms with E-state index in [-0.39, 0.29) is 12.4 Å². The SMILES string of the molecule is Cl.NC1CCN(CCc2c[nH]c3ccccc23)CC1. The monoisotopic (exact) mass is 279 g/mol. The number of nitrogens with zero attached hydrogens (tertiary/aromatic N) is 1. The van der Waals surface area contributed by atoms with Crippen molar-refractivity contribution < 1.29 is 0 Å². The van der Waals surface area contributed by atoms with Crippen molar-refractivity contribution in [1.82, 2.24) is 9.88 Å². The quantitative estimate of drug-likeness (QED) is 0.907. The van der Waals surface area contributed by atoms with E-state index in [0.717, 1.165) is 38.9 Å². The van der Waals surface area contributed by atoms with Gasteiger partial charge in [-0.15, -0.1) is 12.4 Å². The van der Waals surface area contributed by atoms with Crippen LogP contribution < -0.4 is 5.73 Å². The van der Waals surface area contributed by atoms with Crippen LogP contribution in [0.2, 0.25) is 0 Å². The van der Waals surface area contributed by atoms with Gasteiger partial charge in [-0.1, -0.05) is 18.2 Å². The van der Waals surface area contributed by atoms with Gasteiger partial charge in [-0.25, -0.2) is 0 Å². The number of hydrogen-bond donors (Lipinski definition) is 2. The van der Waals surface area contributed by atoms with Crippen LogP contribution in [0.3, 0.4) is 0 Å². The summed E-state index contributed by atoms with van der Waals surface area (Å²) in [7, 11) is 0. The summed E-state index contributed by atoms with van der Waals surface area (Å²) < 4.78 is 0. The van der Waals surface area contributed by atoms with E-state index >= 15 is 0 Å². The Bertz CT molecular complexity index is 515. The maximum Gasteiger partial charge on any atom is 0.0456 e. The Hall–Kier alpha value is -1.03. The van der Waals surface area contributed by atoms with Crippen molar-refractivity contribution >= 4 is 23.3 Å². The van der Waals surface area contributed by atoms with Crippen LogP contribution in [0.5, 0.6) is 0 Å². The molecule has 0 atom stereocenters. The zero-order chi connectivity index (χ0) is 12.4. The van der Waals surface area contributed by atoms with Gasteiger partial charge in [-0.2, -0.15) is 0 Å². The molecule has 3 nitrogen and oxygen atoms in total. The van der Waals surface area contributed by atoms with Crippen LogP contribution in [0.4, 0.5) is 0 Å². The molecule has 3 N–H and O–H groups in total. The zero-order valence-corrected chi connectivity index (χ0v) is 12.0. The first-order chi connectivity index (χ1) is 8.83. The molecule has 1 aromatic carbocycles. The van der Waals surface area contributed by atoms with Crippen LogP contribution in [-0.4, -0.2) is 35.6 Å². The number of H-pyrrole nitrogens is 1. The van der Waals surface area contributed by atoms with E-state index in [1.807, 2.05) is 0 Å². The lowest BCUT2D eigenvalue weighted by molar-refractivity contribution is 0.216. The number of hydrogen-bond acceptors (Lipinski definition) is 2. The molecule has 0 aliphatic carbocycles. The number of nitrogens with two attached hydrogens (primary N) is 1. The Balaban J connectivity index is 0.00000133. The fraction of sp³-hybridized carbons (Fsp3) is 0.467. The van der Waals surface area contributed by atoms with Crippen molar-refractivity contribution in [2.24, 2.45) is 5.73 Å². The van der Waals surface area contributed by atoms with Gasteiger partial charge in [0, 0.05) is 29.7 Å².